The number of piperazine rings is 1. The van der Waals surface area contributed by atoms with Crippen LogP contribution in [0, 0.1) is 0 Å². The van der Waals surface area contributed by atoms with Gasteiger partial charge in [0.05, 0.1) is 25.0 Å². The number of rotatable bonds is 3. The molecule has 1 aromatic carbocycles. The molecule has 0 atom stereocenters. The number of hydrogen-bond donors (Lipinski definition) is 0. The lowest BCUT2D eigenvalue weighted by molar-refractivity contribution is -0.132. The number of anilines is 1. The summed E-state index contributed by atoms with van der Waals surface area (Å²) in [5.74, 6) is -0.426. The third-order valence-corrected chi connectivity index (χ3v) is 3.41. The van der Waals surface area contributed by atoms with Crippen molar-refractivity contribution in [3.05, 3.63) is 48.3 Å². The predicted molar refractivity (Wildman–Crippen MR) is 77.4 cm³/mol. The number of hydrogen-bond acceptors (Lipinski definition) is 4. The molecule has 0 bridgehead atoms. The molecule has 1 aliphatic rings. The van der Waals surface area contributed by atoms with Crippen molar-refractivity contribution in [1.82, 2.24) is 14.7 Å². The Kier molecular flexibility index (Phi) is 3.53. The van der Waals surface area contributed by atoms with Crippen LogP contribution in [-0.4, -0.2) is 39.6 Å². The molecule has 108 valence electrons. The fourth-order valence-corrected chi connectivity index (χ4v) is 2.48. The van der Waals surface area contributed by atoms with Gasteiger partial charge in [-0.25, -0.2) is 4.90 Å². The van der Waals surface area contributed by atoms with Gasteiger partial charge in [-0.2, -0.15) is 5.10 Å². The molecule has 21 heavy (non-hydrogen) atoms. The molecule has 2 amide bonds. The standard InChI is InChI=1S/C15H16N4O2/c1-17-9-13(7-16-17)19-14(20)10-18(11-15(19)21)8-12-5-3-2-4-6-12/h2-7,9H,8,10-11H2,1H3. The lowest BCUT2D eigenvalue weighted by Crippen LogP contribution is -2.53. The number of benzene rings is 1. The van der Waals surface area contributed by atoms with E-state index >= 15 is 0 Å². The SMILES string of the molecule is Cn1cc(N2C(=O)CN(Cc3ccccc3)CC2=O)cn1. The maximum absolute atomic E-state index is 12.2. The van der Waals surface area contributed by atoms with Crippen LogP contribution in [0.1, 0.15) is 5.56 Å². The van der Waals surface area contributed by atoms with E-state index in [1.165, 1.54) is 11.1 Å². The Labute approximate surface area is 122 Å². The minimum atomic E-state index is -0.213. The number of aromatic nitrogens is 2. The first-order valence-corrected chi connectivity index (χ1v) is 6.74. The molecule has 1 aliphatic heterocycles. The third-order valence-electron chi connectivity index (χ3n) is 3.41. The van der Waals surface area contributed by atoms with Crippen LogP contribution in [0.5, 0.6) is 0 Å². The average molecular weight is 284 g/mol. The Morgan fingerprint density at radius 3 is 2.33 bits per heavy atom. The maximum Gasteiger partial charge on any atom is 0.248 e. The summed E-state index contributed by atoms with van der Waals surface area (Å²) in [7, 11) is 1.75. The van der Waals surface area contributed by atoms with Crippen molar-refractivity contribution in [2.24, 2.45) is 7.05 Å². The van der Waals surface area contributed by atoms with Crippen molar-refractivity contribution in [1.29, 1.82) is 0 Å². The highest BCUT2D eigenvalue weighted by molar-refractivity contribution is 6.17. The highest BCUT2D eigenvalue weighted by atomic mass is 16.2. The van der Waals surface area contributed by atoms with E-state index in [9.17, 15) is 9.59 Å². The summed E-state index contributed by atoms with van der Waals surface area (Å²) in [6, 6.07) is 9.82. The van der Waals surface area contributed by atoms with Crippen LogP contribution in [0.3, 0.4) is 0 Å². The molecule has 0 saturated carbocycles. The van der Waals surface area contributed by atoms with Gasteiger partial charge >= 0.3 is 0 Å². The molecule has 0 aliphatic carbocycles. The zero-order valence-corrected chi connectivity index (χ0v) is 11.8. The van der Waals surface area contributed by atoms with Crippen LogP contribution in [0.2, 0.25) is 0 Å². The highest BCUT2D eigenvalue weighted by Crippen LogP contribution is 2.18. The summed E-state index contributed by atoms with van der Waals surface area (Å²) < 4.78 is 1.58. The molecule has 0 radical (unpaired) electrons. The molecular weight excluding hydrogens is 268 g/mol. The third kappa shape index (κ3) is 2.85. The zero-order valence-electron chi connectivity index (χ0n) is 11.8. The first-order chi connectivity index (χ1) is 10.1. The van der Waals surface area contributed by atoms with E-state index in [0.717, 1.165) is 5.56 Å². The molecule has 0 N–H and O–H groups in total. The summed E-state index contributed by atoms with van der Waals surface area (Å²) >= 11 is 0. The highest BCUT2D eigenvalue weighted by Gasteiger charge is 2.32. The second-order valence-corrected chi connectivity index (χ2v) is 5.13. The smallest absolute Gasteiger partial charge is 0.248 e. The number of aryl methyl sites for hydroxylation is 1. The zero-order chi connectivity index (χ0) is 14.8. The number of imide groups is 1. The van der Waals surface area contributed by atoms with Crippen LogP contribution in [-0.2, 0) is 23.2 Å². The van der Waals surface area contributed by atoms with Gasteiger partial charge in [0, 0.05) is 19.8 Å². The maximum atomic E-state index is 12.2. The van der Waals surface area contributed by atoms with Gasteiger partial charge in [0.15, 0.2) is 0 Å². The fourth-order valence-electron chi connectivity index (χ4n) is 2.48. The molecule has 2 heterocycles. The fraction of sp³-hybridized carbons (Fsp3) is 0.267. The van der Waals surface area contributed by atoms with Crippen molar-refractivity contribution in [3.8, 4) is 0 Å². The Bertz CT molecular complexity index is 647. The van der Waals surface area contributed by atoms with Gasteiger partial charge in [0.25, 0.3) is 0 Å². The summed E-state index contributed by atoms with van der Waals surface area (Å²) in [5, 5.41) is 4.00. The Morgan fingerprint density at radius 2 is 1.76 bits per heavy atom. The van der Waals surface area contributed by atoms with E-state index in [1.54, 1.807) is 17.9 Å². The van der Waals surface area contributed by atoms with Crippen molar-refractivity contribution in [2.75, 3.05) is 18.0 Å². The Balaban J connectivity index is 1.72. The quantitative estimate of drug-likeness (QED) is 0.782. The summed E-state index contributed by atoms with van der Waals surface area (Å²) in [5.41, 5.74) is 1.62. The molecule has 1 aromatic heterocycles. The normalized spacial score (nSPS) is 16.5. The average Bonchev–Trinajstić information content (AvgIpc) is 2.85. The van der Waals surface area contributed by atoms with Crippen molar-refractivity contribution in [3.63, 3.8) is 0 Å². The van der Waals surface area contributed by atoms with Gasteiger partial charge in [-0.1, -0.05) is 30.3 Å². The van der Waals surface area contributed by atoms with Crippen LogP contribution in [0.25, 0.3) is 0 Å². The van der Waals surface area contributed by atoms with E-state index in [1.807, 2.05) is 35.2 Å². The molecule has 2 aromatic rings. The van der Waals surface area contributed by atoms with E-state index in [-0.39, 0.29) is 24.9 Å². The molecule has 1 saturated heterocycles. The number of carbonyl (C=O) groups excluding carboxylic acids is 2. The molecule has 0 spiro atoms. The van der Waals surface area contributed by atoms with Gasteiger partial charge in [-0.3, -0.25) is 19.2 Å². The van der Waals surface area contributed by atoms with Gasteiger partial charge in [0.2, 0.25) is 11.8 Å². The predicted octanol–water partition coefficient (Wildman–Crippen LogP) is 0.795. The largest absolute Gasteiger partial charge is 0.281 e. The molecular formula is C15H16N4O2. The lowest BCUT2D eigenvalue weighted by Gasteiger charge is -2.31. The Hall–Kier alpha value is -2.47. The topological polar surface area (TPSA) is 58.4 Å². The van der Waals surface area contributed by atoms with Gasteiger partial charge in [0.1, 0.15) is 0 Å². The van der Waals surface area contributed by atoms with E-state index in [2.05, 4.69) is 5.10 Å². The number of amides is 2. The van der Waals surface area contributed by atoms with Gasteiger partial charge in [-0.05, 0) is 5.56 Å². The van der Waals surface area contributed by atoms with Gasteiger partial charge < -0.3 is 0 Å². The minimum Gasteiger partial charge on any atom is -0.281 e. The summed E-state index contributed by atoms with van der Waals surface area (Å²) in [4.78, 5) is 27.6. The van der Waals surface area contributed by atoms with E-state index < -0.39 is 0 Å². The first kappa shape index (κ1) is 13.5. The van der Waals surface area contributed by atoms with Crippen LogP contribution in [0.4, 0.5) is 5.69 Å². The van der Waals surface area contributed by atoms with Gasteiger partial charge in [-0.15, -0.1) is 0 Å². The van der Waals surface area contributed by atoms with E-state index in [0.29, 0.717) is 12.2 Å². The first-order valence-electron chi connectivity index (χ1n) is 6.74. The summed E-state index contributed by atoms with van der Waals surface area (Å²) in [6.45, 7) is 1.06. The lowest BCUT2D eigenvalue weighted by atomic mass is 10.2. The molecule has 1 fully saturated rings. The number of nitrogens with zero attached hydrogens (tertiary/aromatic N) is 4. The second-order valence-electron chi connectivity index (χ2n) is 5.13. The monoisotopic (exact) mass is 284 g/mol. The van der Waals surface area contributed by atoms with Crippen LogP contribution < -0.4 is 4.90 Å². The molecule has 0 unspecified atom stereocenters. The molecule has 6 heteroatoms. The van der Waals surface area contributed by atoms with Crippen molar-refractivity contribution in [2.45, 2.75) is 6.54 Å². The minimum absolute atomic E-state index is 0.213. The number of carbonyl (C=O) groups is 2. The molecule has 6 nitrogen and oxygen atoms in total. The Morgan fingerprint density at radius 1 is 1.10 bits per heavy atom. The van der Waals surface area contributed by atoms with E-state index in [4.69, 9.17) is 0 Å². The summed E-state index contributed by atoms with van der Waals surface area (Å²) in [6.07, 6.45) is 3.20. The van der Waals surface area contributed by atoms with Crippen LogP contribution in [0.15, 0.2) is 42.7 Å². The molecule has 3 rings (SSSR count). The van der Waals surface area contributed by atoms with Crippen molar-refractivity contribution >= 4 is 17.5 Å². The van der Waals surface area contributed by atoms with Crippen LogP contribution >= 0.6 is 0 Å². The second kappa shape index (κ2) is 5.49. The van der Waals surface area contributed by atoms with Crippen molar-refractivity contribution < 1.29 is 9.59 Å².